The Kier molecular flexibility index (Phi) is 7.86. The number of hydrogen-bond acceptors (Lipinski definition) is 7. The van der Waals surface area contributed by atoms with Crippen LogP contribution in [0, 0.1) is 0 Å². The lowest BCUT2D eigenvalue weighted by atomic mass is 10.2. The summed E-state index contributed by atoms with van der Waals surface area (Å²) in [6.07, 6.45) is -1.14. The molecule has 0 radical (unpaired) electrons. The lowest BCUT2D eigenvalue weighted by Gasteiger charge is -2.34. The molecule has 1 unspecified atom stereocenters. The zero-order valence-electron chi connectivity index (χ0n) is 21.9. The fraction of sp³-hybridized carbons (Fsp3) is 0.138. The van der Waals surface area contributed by atoms with E-state index in [1.54, 1.807) is 78.9 Å². The number of ether oxygens (including phenoxy) is 2. The van der Waals surface area contributed by atoms with Crippen molar-refractivity contribution in [1.29, 1.82) is 0 Å². The largest absolute Gasteiger partial charge is 0.497 e. The fourth-order valence-electron chi connectivity index (χ4n) is 4.28. The van der Waals surface area contributed by atoms with Crippen molar-refractivity contribution in [1.82, 2.24) is 0 Å². The highest BCUT2D eigenvalue weighted by atomic mass is 32.2. The number of fused-ring (bicyclic) bond motifs is 1. The molecule has 4 aromatic rings. The van der Waals surface area contributed by atoms with E-state index in [1.165, 1.54) is 35.7 Å². The first-order valence-corrected chi connectivity index (χ1v) is 15.6. The third-order valence-corrected chi connectivity index (χ3v) is 9.44. The van der Waals surface area contributed by atoms with Gasteiger partial charge in [0.05, 0.1) is 30.0 Å². The summed E-state index contributed by atoms with van der Waals surface area (Å²) in [6.45, 7) is -0.226. The molecule has 0 aliphatic carbocycles. The lowest BCUT2D eigenvalue weighted by Crippen LogP contribution is -2.49. The molecule has 10 nitrogen and oxygen atoms in total. The van der Waals surface area contributed by atoms with Crippen LogP contribution in [0.1, 0.15) is 5.56 Å². The summed E-state index contributed by atoms with van der Waals surface area (Å²) in [4.78, 5) is 13.2. The minimum atomic E-state index is -3.88. The molecular weight excluding hydrogens is 566 g/mol. The molecule has 4 aromatic carbocycles. The standard InChI is InChI=1S/C29H27N3O7S2/c1-38-24-15-11-23(12-16-24)31-41(36,37)25-17-13-22(14-18-25)30-29(33)28-19-32(26-9-5-6-10-27(26)39-28)40(34,35)20-21-7-3-2-4-8-21/h2-18,28,31H,19-20H2,1H3,(H,30,33). The van der Waals surface area contributed by atoms with Gasteiger partial charge in [0.15, 0.2) is 6.10 Å². The summed E-state index contributed by atoms with van der Waals surface area (Å²) in [5.74, 6) is 0.0418. The van der Waals surface area contributed by atoms with E-state index in [2.05, 4.69) is 10.0 Å². The third kappa shape index (κ3) is 6.44. The molecular formula is C29H27N3O7S2. The van der Waals surface area contributed by atoms with Gasteiger partial charge in [-0.1, -0.05) is 42.5 Å². The number of benzene rings is 4. The topological polar surface area (TPSA) is 131 Å². The van der Waals surface area contributed by atoms with E-state index in [0.717, 1.165) is 0 Å². The zero-order chi connectivity index (χ0) is 29.0. The predicted molar refractivity (Wildman–Crippen MR) is 156 cm³/mol. The maximum absolute atomic E-state index is 13.4. The average Bonchev–Trinajstić information content (AvgIpc) is 2.97. The number of nitrogens with zero attached hydrogens (tertiary/aromatic N) is 1. The number of carbonyl (C=O) groups is 1. The van der Waals surface area contributed by atoms with Crippen molar-refractivity contribution in [3.63, 3.8) is 0 Å². The summed E-state index contributed by atoms with van der Waals surface area (Å²) in [5, 5.41) is 2.69. The van der Waals surface area contributed by atoms with E-state index in [4.69, 9.17) is 9.47 Å². The zero-order valence-corrected chi connectivity index (χ0v) is 23.6. The minimum absolute atomic E-state index is 0.00709. The Morgan fingerprint density at radius 2 is 1.49 bits per heavy atom. The van der Waals surface area contributed by atoms with Gasteiger partial charge in [-0.3, -0.25) is 13.8 Å². The second kappa shape index (κ2) is 11.5. The van der Waals surface area contributed by atoms with Crippen LogP contribution in [0.5, 0.6) is 11.5 Å². The van der Waals surface area contributed by atoms with Crippen molar-refractivity contribution in [2.45, 2.75) is 16.8 Å². The van der Waals surface area contributed by atoms with Crippen LogP contribution in [0.15, 0.2) is 108 Å². The van der Waals surface area contributed by atoms with Crippen LogP contribution in [0.2, 0.25) is 0 Å². The average molecular weight is 594 g/mol. The number of hydrogen-bond donors (Lipinski definition) is 2. The molecule has 5 rings (SSSR count). The van der Waals surface area contributed by atoms with Crippen molar-refractivity contribution in [3.05, 3.63) is 109 Å². The lowest BCUT2D eigenvalue weighted by molar-refractivity contribution is -0.122. The van der Waals surface area contributed by atoms with Crippen molar-refractivity contribution in [3.8, 4) is 11.5 Å². The highest BCUT2D eigenvalue weighted by Crippen LogP contribution is 2.36. The summed E-state index contributed by atoms with van der Waals surface area (Å²) in [6, 6.07) is 27.5. The molecule has 0 spiro atoms. The third-order valence-electron chi connectivity index (χ3n) is 6.33. The van der Waals surface area contributed by atoms with E-state index in [9.17, 15) is 21.6 Å². The molecule has 0 saturated heterocycles. The van der Waals surface area contributed by atoms with Crippen LogP contribution in [0.3, 0.4) is 0 Å². The molecule has 0 bridgehead atoms. The number of nitrogens with one attached hydrogen (secondary N) is 2. The van der Waals surface area contributed by atoms with Gasteiger partial charge in [0.1, 0.15) is 11.5 Å². The Balaban J connectivity index is 1.30. The maximum Gasteiger partial charge on any atom is 0.267 e. The molecule has 0 aromatic heterocycles. The van der Waals surface area contributed by atoms with Crippen molar-refractivity contribution in [2.75, 3.05) is 28.0 Å². The van der Waals surface area contributed by atoms with Crippen LogP contribution < -0.4 is 23.8 Å². The Morgan fingerprint density at radius 3 is 2.17 bits per heavy atom. The monoisotopic (exact) mass is 593 g/mol. The van der Waals surface area contributed by atoms with Gasteiger partial charge < -0.3 is 14.8 Å². The minimum Gasteiger partial charge on any atom is -0.497 e. The first kappa shape index (κ1) is 28.0. The summed E-state index contributed by atoms with van der Waals surface area (Å²) in [7, 11) is -6.21. The molecule has 1 atom stereocenters. The summed E-state index contributed by atoms with van der Waals surface area (Å²) < 4.78 is 67.1. The fourth-order valence-corrected chi connectivity index (χ4v) is 6.92. The van der Waals surface area contributed by atoms with Crippen LogP contribution >= 0.6 is 0 Å². The van der Waals surface area contributed by atoms with Gasteiger partial charge in [0.25, 0.3) is 15.9 Å². The number of methoxy groups -OCH3 is 1. The van der Waals surface area contributed by atoms with Gasteiger partial charge in [-0.2, -0.15) is 0 Å². The van der Waals surface area contributed by atoms with Gasteiger partial charge in [-0.25, -0.2) is 16.8 Å². The van der Waals surface area contributed by atoms with Crippen LogP contribution in [-0.4, -0.2) is 42.5 Å². The first-order chi connectivity index (χ1) is 19.6. The molecule has 12 heteroatoms. The molecule has 1 aliphatic rings. The Morgan fingerprint density at radius 1 is 0.854 bits per heavy atom. The van der Waals surface area contributed by atoms with Crippen LogP contribution in [-0.2, 0) is 30.6 Å². The second-order valence-electron chi connectivity index (χ2n) is 9.19. The van der Waals surface area contributed by atoms with E-state index < -0.39 is 32.1 Å². The van der Waals surface area contributed by atoms with Gasteiger partial charge in [-0.05, 0) is 66.2 Å². The molecule has 41 heavy (non-hydrogen) atoms. The van der Waals surface area contributed by atoms with E-state index >= 15 is 0 Å². The normalized spacial score (nSPS) is 14.9. The summed E-state index contributed by atoms with van der Waals surface area (Å²) in [5.41, 5.74) is 1.66. The van der Waals surface area contributed by atoms with Gasteiger partial charge >= 0.3 is 0 Å². The number of carbonyl (C=O) groups excluding carboxylic acids is 1. The molecule has 0 saturated carbocycles. The number of sulfonamides is 2. The van der Waals surface area contributed by atoms with Gasteiger partial charge in [-0.15, -0.1) is 0 Å². The van der Waals surface area contributed by atoms with Crippen LogP contribution in [0.4, 0.5) is 17.1 Å². The quantitative estimate of drug-likeness (QED) is 0.297. The van der Waals surface area contributed by atoms with Crippen molar-refractivity contribution in [2.24, 2.45) is 0 Å². The number of anilines is 3. The molecule has 212 valence electrons. The Bertz CT molecular complexity index is 1740. The smallest absolute Gasteiger partial charge is 0.267 e. The maximum atomic E-state index is 13.4. The molecule has 0 fully saturated rings. The highest BCUT2D eigenvalue weighted by molar-refractivity contribution is 7.92. The van der Waals surface area contributed by atoms with Crippen molar-refractivity contribution >= 4 is 43.0 Å². The number of rotatable bonds is 9. The molecule has 1 heterocycles. The molecule has 1 aliphatic heterocycles. The van der Waals surface area contributed by atoms with Crippen LogP contribution in [0.25, 0.3) is 0 Å². The number of para-hydroxylation sites is 2. The first-order valence-electron chi connectivity index (χ1n) is 12.5. The second-order valence-corrected chi connectivity index (χ2v) is 12.8. The molecule has 2 N–H and O–H groups in total. The van der Waals surface area contributed by atoms with Gasteiger partial charge in [0, 0.05) is 11.4 Å². The molecule has 1 amide bonds. The van der Waals surface area contributed by atoms with E-state index in [1.807, 2.05) is 0 Å². The van der Waals surface area contributed by atoms with E-state index in [-0.39, 0.29) is 22.9 Å². The SMILES string of the molecule is COc1ccc(NS(=O)(=O)c2ccc(NC(=O)C3CN(S(=O)(=O)Cc4ccccc4)c4ccccc4O3)cc2)cc1. The van der Waals surface area contributed by atoms with Gasteiger partial charge in [0.2, 0.25) is 10.0 Å². The Hall–Kier alpha value is -4.55. The predicted octanol–water partition coefficient (Wildman–Crippen LogP) is 4.23. The summed E-state index contributed by atoms with van der Waals surface area (Å²) >= 11 is 0. The number of amides is 1. The Labute approximate surface area is 238 Å². The van der Waals surface area contributed by atoms with E-state index in [0.29, 0.717) is 28.4 Å². The van der Waals surface area contributed by atoms with Crippen molar-refractivity contribution < 1.29 is 31.1 Å². The highest BCUT2D eigenvalue weighted by Gasteiger charge is 2.36.